The largest absolute Gasteiger partial charge is 0.488 e. The van der Waals surface area contributed by atoms with Crippen LogP contribution >= 0.6 is 27.5 Å². The molecule has 0 aliphatic rings. The van der Waals surface area contributed by atoms with Gasteiger partial charge in [-0.2, -0.15) is 5.26 Å². The highest BCUT2D eigenvalue weighted by Crippen LogP contribution is 2.28. The van der Waals surface area contributed by atoms with Crippen LogP contribution in [0.25, 0.3) is 6.08 Å². The van der Waals surface area contributed by atoms with Crippen molar-refractivity contribution < 1.29 is 14.5 Å². The van der Waals surface area contributed by atoms with Gasteiger partial charge in [0.05, 0.1) is 15.6 Å². The number of hydrogen-bond donors (Lipinski definition) is 1. The summed E-state index contributed by atoms with van der Waals surface area (Å²) in [6.45, 7) is 0.0673. The molecule has 0 unspecified atom stereocenters. The lowest BCUT2D eigenvalue weighted by atomic mass is 10.1. The first-order valence-electron chi connectivity index (χ1n) is 9.20. The average Bonchev–Trinajstić information content (AvgIpc) is 2.78. The molecule has 7 nitrogen and oxygen atoms in total. The monoisotopic (exact) mass is 511 g/mol. The molecule has 0 aliphatic heterocycles. The van der Waals surface area contributed by atoms with Crippen molar-refractivity contribution in [2.45, 2.75) is 6.61 Å². The van der Waals surface area contributed by atoms with Gasteiger partial charge >= 0.3 is 0 Å². The Kier molecular flexibility index (Phi) is 7.60. The number of nitrogens with zero attached hydrogens (tertiary/aromatic N) is 2. The molecule has 0 radical (unpaired) electrons. The molecule has 0 fully saturated rings. The molecule has 0 atom stereocenters. The fourth-order valence-electron chi connectivity index (χ4n) is 2.74. The molecule has 1 amide bonds. The molecule has 9 heteroatoms. The van der Waals surface area contributed by atoms with Gasteiger partial charge in [0.15, 0.2) is 0 Å². The molecule has 3 rings (SSSR count). The number of carbonyl (C=O) groups is 1. The molecule has 32 heavy (non-hydrogen) atoms. The highest BCUT2D eigenvalue weighted by Gasteiger charge is 2.14. The zero-order valence-electron chi connectivity index (χ0n) is 16.4. The topological polar surface area (TPSA) is 105 Å². The fourth-order valence-corrected chi connectivity index (χ4v) is 3.30. The summed E-state index contributed by atoms with van der Waals surface area (Å²) in [5.41, 5.74) is 1.29. The number of amides is 1. The van der Waals surface area contributed by atoms with E-state index in [2.05, 4.69) is 21.2 Å². The number of nitriles is 1. The van der Waals surface area contributed by atoms with Crippen molar-refractivity contribution in [3.8, 4) is 11.8 Å². The van der Waals surface area contributed by atoms with Gasteiger partial charge < -0.3 is 10.1 Å². The van der Waals surface area contributed by atoms with E-state index in [1.165, 1.54) is 18.2 Å². The lowest BCUT2D eigenvalue weighted by Gasteiger charge is -2.11. The second-order valence-corrected chi connectivity index (χ2v) is 7.82. The van der Waals surface area contributed by atoms with E-state index >= 15 is 0 Å². The normalized spacial score (nSPS) is 10.8. The number of carbonyl (C=O) groups excluding carboxylic acids is 1. The molecular formula is C23H15BrClN3O4. The van der Waals surface area contributed by atoms with E-state index < -0.39 is 10.8 Å². The van der Waals surface area contributed by atoms with Crippen LogP contribution in [0.2, 0.25) is 5.02 Å². The van der Waals surface area contributed by atoms with Crippen molar-refractivity contribution in [3.63, 3.8) is 0 Å². The van der Waals surface area contributed by atoms with E-state index in [4.69, 9.17) is 16.3 Å². The zero-order valence-corrected chi connectivity index (χ0v) is 18.8. The quantitative estimate of drug-likeness (QED) is 0.177. The molecule has 0 spiro atoms. The molecule has 3 aromatic rings. The highest BCUT2D eigenvalue weighted by molar-refractivity contribution is 9.10. The summed E-state index contributed by atoms with van der Waals surface area (Å²) in [7, 11) is 0. The molecule has 0 bridgehead atoms. The summed E-state index contributed by atoms with van der Waals surface area (Å²) in [5, 5.41) is 23.5. The number of nitrogens with one attached hydrogen (secondary N) is 1. The first kappa shape index (κ1) is 23.0. The van der Waals surface area contributed by atoms with Crippen LogP contribution in [-0.2, 0) is 11.4 Å². The Morgan fingerprint density at radius 1 is 1.19 bits per heavy atom. The van der Waals surface area contributed by atoms with Crippen LogP contribution in [0.3, 0.4) is 0 Å². The van der Waals surface area contributed by atoms with Gasteiger partial charge in [-0.3, -0.25) is 14.9 Å². The predicted octanol–water partition coefficient (Wildman–Crippen LogP) is 6.14. The van der Waals surface area contributed by atoms with E-state index in [9.17, 15) is 20.2 Å². The average molecular weight is 513 g/mol. The van der Waals surface area contributed by atoms with E-state index in [0.29, 0.717) is 27.6 Å². The molecule has 0 aromatic heterocycles. The maximum atomic E-state index is 12.6. The first-order chi connectivity index (χ1) is 15.4. The Morgan fingerprint density at radius 2 is 1.97 bits per heavy atom. The maximum absolute atomic E-state index is 12.6. The Hall–Kier alpha value is -3.67. The molecule has 160 valence electrons. The second-order valence-electron chi connectivity index (χ2n) is 6.50. The minimum atomic E-state index is -0.620. The smallest absolute Gasteiger partial charge is 0.269 e. The van der Waals surface area contributed by atoms with Crippen molar-refractivity contribution in [2.75, 3.05) is 5.32 Å². The highest BCUT2D eigenvalue weighted by atomic mass is 79.9. The van der Waals surface area contributed by atoms with Gasteiger partial charge in [-0.15, -0.1) is 0 Å². The minimum absolute atomic E-state index is 0.0370. The predicted molar refractivity (Wildman–Crippen MR) is 125 cm³/mol. The Bertz CT molecular complexity index is 1250. The number of hydrogen-bond acceptors (Lipinski definition) is 5. The van der Waals surface area contributed by atoms with Crippen LogP contribution < -0.4 is 10.1 Å². The third-order valence-corrected chi connectivity index (χ3v) is 5.10. The molecule has 0 saturated heterocycles. The Labute approximate surface area is 197 Å². The molecule has 0 saturated carbocycles. The van der Waals surface area contributed by atoms with Crippen molar-refractivity contribution in [3.05, 3.63) is 103 Å². The van der Waals surface area contributed by atoms with Crippen LogP contribution in [-0.4, -0.2) is 10.8 Å². The van der Waals surface area contributed by atoms with Gasteiger partial charge in [-0.25, -0.2) is 0 Å². The molecule has 3 aromatic carbocycles. The fraction of sp³-hybridized carbons (Fsp3) is 0.0435. The SMILES string of the molecule is N#C/C(=C\c1cc(Br)ccc1OCc1cccc([N+](=O)[O-])c1)C(=O)Nc1ccccc1Cl. The summed E-state index contributed by atoms with van der Waals surface area (Å²) in [5.74, 6) is -0.219. The molecule has 0 aliphatic carbocycles. The number of rotatable bonds is 7. The second kappa shape index (κ2) is 10.6. The number of non-ortho nitro benzene ring substituents is 1. The summed E-state index contributed by atoms with van der Waals surface area (Å²) in [4.78, 5) is 23.1. The van der Waals surface area contributed by atoms with Gasteiger partial charge in [0, 0.05) is 22.2 Å². The lowest BCUT2D eigenvalue weighted by Crippen LogP contribution is -2.13. The number of benzene rings is 3. The third kappa shape index (κ3) is 5.94. The number of halogens is 2. The number of ether oxygens (including phenoxy) is 1. The van der Waals surface area contributed by atoms with Crippen LogP contribution in [0.4, 0.5) is 11.4 Å². The van der Waals surface area contributed by atoms with Gasteiger partial charge in [0.1, 0.15) is 24.0 Å². The minimum Gasteiger partial charge on any atom is -0.488 e. The summed E-state index contributed by atoms with van der Waals surface area (Å²) >= 11 is 9.44. The number of anilines is 1. The first-order valence-corrected chi connectivity index (χ1v) is 10.4. The van der Waals surface area contributed by atoms with Gasteiger partial charge in [-0.1, -0.05) is 51.8 Å². The van der Waals surface area contributed by atoms with E-state index in [1.54, 1.807) is 54.6 Å². The molecule has 1 N–H and O–H groups in total. The van der Waals surface area contributed by atoms with Crippen LogP contribution in [0, 0.1) is 21.4 Å². The van der Waals surface area contributed by atoms with Crippen LogP contribution in [0.1, 0.15) is 11.1 Å². The maximum Gasteiger partial charge on any atom is 0.269 e. The molecule has 0 heterocycles. The molecular weight excluding hydrogens is 498 g/mol. The summed E-state index contributed by atoms with van der Waals surface area (Å²) < 4.78 is 6.54. The summed E-state index contributed by atoms with van der Waals surface area (Å²) in [6.07, 6.45) is 1.40. The van der Waals surface area contributed by atoms with Gasteiger partial charge in [-0.05, 0) is 42.0 Å². The van der Waals surface area contributed by atoms with Crippen molar-refractivity contribution in [1.29, 1.82) is 5.26 Å². The zero-order chi connectivity index (χ0) is 23.1. The van der Waals surface area contributed by atoms with Crippen molar-refractivity contribution >= 4 is 50.9 Å². The van der Waals surface area contributed by atoms with Crippen LogP contribution in [0.5, 0.6) is 5.75 Å². The van der Waals surface area contributed by atoms with Gasteiger partial charge in [0.2, 0.25) is 0 Å². The standard InChI is InChI=1S/C23H15BrClN3O4/c24-18-8-9-22(32-14-15-4-3-5-19(10-15)28(30)31)16(12-18)11-17(13-26)23(29)27-21-7-2-1-6-20(21)25/h1-12H,14H2,(H,27,29)/b17-11+. The van der Waals surface area contributed by atoms with Crippen molar-refractivity contribution in [1.82, 2.24) is 0 Å². The van der Waals surface area contributed by atoms with Crippen LogP contribution in [0.15, 0.2) is 76.8 Å². The number of nitro benzene ring substituents is 1. The van der Waals surface area contributed by atoms with E-state index in [1.807, 2.05) is 6.07 Å². The van der Waals surface area contributed by atoms with E-state index in [0.717, 1.165) is 4.47 Å². The summed E-state index contributed by atoms with van der Waals surface area (Å²) in [6, 6.07) is 19.8. The van der Waals surface area contributed by atoms with Crippen molar-refractivity contribution in [2.24, 2.45) is 0 Å². The third-order valence-electron chi connectivity index (χ3n) is 4.27. The Balaban J connectivity index is 1.84. The number of para-hydroxylation sites is 1. The Morgan fingerprint density at radius 3 is 2.69 bits per heavy atom. The van der Waals surface area contributed by atoms with Gasteiger partial charge in [0.25, 0.3) is 11.6 Å². The lowest BCUT2D eigenvalue weighted by molar-refractivity contribution is -0.384. The number of nitro groups is 1. The van der Waals surface area contributed by atoms with E-state index in [-0.39, 0.29) is 17.9 Å².